The number of nitrogens with zero attached hydrogens (tertiary/aromatic N) is 3. The Hall–Kier alpha value is -2.34. The summed E-state index contributed by atoms with van der Waals surface area (Å²) in [7, 11) is 2.11. The van der Waals surface area contributed by atoms with Gasteiger partial charge in [0.05, 0.1) is 11.3 Å². The number of rotatable bonds is 3. The van der Waals surface area contributed by atoms with E-state index in [2.05, 4.69) is 16.8 Å². The van der Waals surface area contributed by atoms with E-state index in [-0.39, 0.29) is 10.6 Å². The Morgan fingerprint density at radius 3 is 1.93 bits per heavy atom. The van der Waals surface area contributed by atoms with Crippen LogP contribution in [-0.2, 0) is 9.59 Å². The van der Waals surface area contributed by atoms with Gasteiger partial charge in [-0.3, -0.25) is 9.59 Å². The van der Waals surface area contributed by atoms with Crippen LogP contribution < -0.4 is 9.80 Å². The lowest BCUT2D eigenvalue weighted by Gasteiger charge is -2.34. The lowest BCUT2D eigenvalue weighted by atomic mass is 10.1. The maximum Gasteiger partial charge on any atom is 0.277 e. The third-order valence-corrected chi connectivity index (χ3v) is 5.74. The van der Waals surface area contributed by atoms with Crippen molar-refractivity contribution in [2.75, 3.05) is 43.0 Å². The zero-order valence-corrected chi connectivity index (χ0v) is 16.9. The summed E-state index contributed by atoms with van der Waals surface area (Å²) in [5.74, 6) is -0.936. The van der Waals surface area contributed by atoms with E-state index in [9.17, 15) is 9.59 Å². The summed E-state index contributed by atoms with van der Waals surface area (Å²) < 4.78 is 0. The molecule has 7 heteroatoms. The average Bonchev–Trinajstić information content (AvgIpc) is 2.92. The average molecular weight is 416 g/mol. The highest BCUT2D eigenvalue weighted by Crippen LogP contribution is 2.35. The fraction of sp³-hybridized carbons (Fsp3) is 0.238. The van der Waals surface area contributed by atoms with E-state index in [4.69, 9.17) is 23.2 Å². The molecule has 0 unspecified atom stereocenters. The highest BCUT2D eigenvalue weighted by atomic mass is 35.5. The van der Waals surface area contributed by atoms with Gasteiger partial charge >= 0.3 is 0 Å². The van der Waals surface area contributed by atoms with Crippen molar-refractivity contribution in [2.45, 2.75) is 0 Å². The summed E-state index contributed by atoms with van der Waals surface area (Å²) in [5, 5.41) is 0.476. The first-order valence-corrected chi connectivity index (χ1v) is 9.79. The molecule has 1 saturated heterocycles. The van der Waals surface area contributed by atoms with Gasteiger partial charge in [-0.15, -0.1) is 0 Å². The van der Waals surface area contributed by atoms with Crippen LogP contribution in [0.2, 0.25) is 5.02 Å². The van der Waals surface area contributed by atoms with Crippen molar-refractivity contribution >= 4 is 52.0 Å². The number of imide groups is 1. The monoisotopic (exact) mass is 415 g/mol. The molecule has 4 rings (SSSR count). The maximum atomic E-state index is 12.9. The number of amides is 2. The van der Waals surface area contributed by atoms with Gasteiger partial charge in [0.1, 0.15) is 5.03 Å². The highest BCUT2D eigenvalue weighted by molar-refractivity contribution is 6.60. The zero-order valence-electron chi connectivity index (χ0n) is 15.4. The molecule has 0 atom stereocenters. The molecule has 0 saturated carbocycles. The molecule has 5 nitrogen and oxygen atoms in total. The number of anilines is 2. The molecule has 1 fully saturated rings. The first-order valence-electron chi connectivity index (χ1n) is 9.04. The first kappa shape index (κ1) is 19.0. The van der Waals surface area contributed by atoms with E-state index < -0.39 is 11.8 Å². The Labute approximate surface area is 173 Å². The smallest absolute Gasteiger partial charge is 0.277 e. The first-order chi connectivity index (χ1) is 13.5. The molecule has 2 aromatic carbocycles. The van der Waals surface area contributed by atoms with Gasteiger partial charge in [-0.25, -0.2) is 4.90 Å². The van der Waals surface area contributed by atoms with Gasteiger partial charge in [-0.05, 0) is 49.0 Å². The van der Waals surface area contributed by atoms with E-state index in [1.807, 2.05) is 12.1 Å². The summed E-state index contributed by atoms with van der Waals surface area (Å²) in [5.41, 5.74) is 2.36. The summed E-state index contributed by atoms with van der Waals surface area (Å²) in [4.78, 5) is 31.3. The number of likely N-dealkylation sites (N-methyl/N-ethyl adjacent to an activating group) is 1. The molecule has 2 aliphatic heterocycles. The van der Waals surface area contributed by atoms with Crippen molar-refractivity contribution in [3.05, 3.63) is 64.1 Å². The topological polar surface area (TPSA) is 43.9 Å². The lowest BCUT2D eigenvalue weighted by molar-refractivity contribution is -0.119. The van der Waals surface area contributed by atoms with E-state index in [1.54, 1.807) is 36.4 Å². The van der Waals surface area contributed by atoms with E-state index >= 15 is 0 Å². The van der Waals surface area contributed by atoms with Gasteiger partial charge in [-0.2, -0.15) is 0 Å². The van der Waals surface area contributed by atoms with Crippen molar-refractivity contribution in [3.63, 3.8) is 0 Å². The summed E-state index contributed by atoms with van der Waals surface area (Å²) in [6.07, 6.45) is 0. The van der Waals surface area contributed by atoms with E-state index in [0.29, 0.717) is 16.3 Å². The Balaban J connectivity index is 1.57. The van der Waals surface area contributed by atoms with Crippen LogP contribution in [0.1, 0.15) is 5.56 Å². The van der Waals surface area contributed by atoms with Gasteiger partial charge in [0.15, 0.2) is 0 Å². The van der Waals surface area contributed by atoms with Gasteiger partial charge in [0.2, 0.25) is 0 Å². The Kier molecular flexibility index (Phi) is 5.15. The van der Waals surface area contributed by atoms with Crippen LogP contribution in [0.4, 0.5) is 11.4 Å². The third kappa shape index (κ3) is 3.41. The van der Waals surface area contributed by atoms with Crippen LogP contribution in [0, 0.1) is 0 Å². The van der Waals surface area contributed by atoms with Crippen LogP contribution in [0.25, 0.3) is 5.57 Å². The highest BCUT2D eigenvalue weighted by Gasteiger charge is 2.39. The minimum atomic E-state index is -0.510. The van der Waals surface area contributed by atoms with Crippen molar-refractivity contribution in [3.8, 4) is 0 Å². The predicted molar refractivity (Wildman–Crippen MR) is 113 cm³/mol. The molecule has 2 amide bonds. The summed E-state index contributed by atoms with van der Waals surface area (Å²) >= 11 is 12.1. The Morgan fingerprint density at radius 2 is 1.32 bits per heavy atom. The molecule has 2 heterocycles. The quantitative estimate of drug-likeness (QED) is 0.718. The zero-order chi connectivity index (χ0) is 19.8. The van der Waals surface area contributed by atoms with E-state index in [1.165, 1.54) is 0 Å². The second kappa shape index (κ2) is 7.59. The van der Waals surface area contributed by atoms with Gasteiger partial charge in [-0.1, -0.05) is 35.3 Å². The Morgan fingerprint density at radius 1 is 0.750 bits per heavy atom. The molecule has 144 valence electrons. The van der Waals surface area contributed by atoms with Gasteiger partial charge in [0.25, 0.3) is 11.8 Å². The molecular formula is C21H19Cl2N3O2. The molecule has 2 aliphatic rings. The number of piperazine rings is 1. The SMILES string of the molecule is CN1CCN(c2ccc(N3C(=O)C(Cl)=C(c4ccc(Cl)cc4)C3=O)cc2)CC1. The van der Waals surface area contributed by atoms with Crippen LogP contribution >= 0.6 is 23.2 Å². The summed E-state index contributed by atoms with van der Waals surface area (Å²) in [6.45, 7) is 3.92. The van der Waals surface area contributed by atoms with Crippen LogP contribution in [0.5, 0.6) is 0 Å². The molecule has 0 aromatic heterocycles. The van der Waals surface area contributed by atoms with Crippen LogP contribution in [0.15, 0.2) is 53.6 Å². The normalized spacial score (nSPS) is 18.4. The van der Waals surface area contributed by atoms with Crippen molar-refractivity contribution < 1.29 is 9.59 Å². The fourth-order valence-electron chi connectivity index (χ4n) is 3.48. The summed E-state index contributed by atoms with van der Waals surface area (Å²) in [6, 6.07) is 14.2. The van der Waals surface area contributed by atoms with Crippen LogP contribution in [0.3, 0.4) is 0 Å². The maximum absolute atomic E-state index is 12.9. The molecule has 2 aromatic rings. The van der Waals surface area contributed by atoms with Gasteiger partial charge < -0.3 is 9.80 Å². The number of hydrogen-bond donors (Lipinski definition) is 0. The third-order valence-electron chi connectivity index (χ3n) is 5.14. The van der Waals surface area contributed by atoms with Crippen molar-refractivity contribution in [1.82, 2.24) is 4.90 Å². The molecule has 0 N–H and O–H groups in total. The largest absolute Gasteiger partial charge is 0.369 e. The van der Waals surface area contributed by atoms with Crippen LogP contribution in [-0.4, -0.2) is 49.9 Å². The number of carbonyl (C=O) groups is 2. The molecular weight excluding hydrogens is 397 g/mol. The fourth-order valence-corrected chi connectivity index (χ4v) is 3.88. The molecule has 28 heavy (non-hydrogen) atoms. The molecule has 0 radical (unpaired) electrons. The Bertz CT molecular complexity index is 947. The minimum absolute atomic E-state index is 0.0736. The van der Waals surface area contributed by atoms with Crippen molar-refractivity contribution in [1.29, 1.82) is 0 Å². The molecule has 0 spiro atoms. The number of benzene rings is 2. The number of carbonyl (C=O) groups excluding carboxylic acids is 2. The number of hydrogen-bond acceptors (Lipinski definition) is 4. The molecule has 0 bridgehead atoms. The van der Waals surface area contributed by atoms with E-state index in [0.717, 1.165) is 36.8 Å². The second-order valence-electron chi connectivity index (χ2n) is 6.95. The molecule has 0 aliphatic carbocycles. The lowest BCUT2D eigenvalue weighted by Crippen LogP contribution is -2.44. The standard InChI is InChI=1S/C21H19Cl2N3O2/c1-24-10-12-25(13-11-24)16-6-8-17(9-7-16)26-20(27)18(19(23)21(26)28)14-2-4-15(22)5-3-14/h2-9H,10-13H2,1H3. The predicted octanol–water partition coefficient (Wildman–Crippen LogP) is 3.62. The second-order valence-corrected chi connectivity index (χ2v) is 7.76. The number of halogens is 2. The van der Waals surface area contributed by atoms with Gasteiger partial charge in [0, 0.05) is 36.9 Å². The minimum Gasteiger partial charge on any atom is -0.369 e. The van der Waals surface area contributed by atoms with Crippen molar-refractivity contribution in [2.24, 2.45) is 0 Å².